The molecule has 2 atom stereocenters. The molecule has 2 aromatic carbocycles. The number of nitrogens with zero attached hydrogens (tertiary/aromatic N) is 1. The third-order valence-electron chi connectivity index (χ3n) is 6.08. The Balaban J connectivity index is 1.27. The molecule has 2 heterocycles. The van der Waals surface area contributed by atoms with Crippen LogP contribution in [0.1, 0.15) is 60.6 Å². The lowest BCUT2D eigenvalue weighted by Crippen LogP contribution is -2.23. The second-order valence-electron chi connectivity index (χ2n) is 8.34. The van der Waals surface area contributed by atoms with E-state index in [1.807, 2.05) is 29.6 Å². The van der Waals surface area contributed by atoms with E-state index in [1.165, 1.54) is 49.0 Å². The monoisotopic (exact) mass is 486 g/mol. The van der Waals surface area contributed by atoms with Gasteiger partial charge in [0.25, 0.3) is 0 Å². The van der Waals surface area contributed by atoms with Gasteiger partial charge in [-0.15, -0.1) is 11.3 Å². The summed E-state index contributed by atoms with van der Waals surface area (Å²) in [7, 11) is 0.635. The molecule has 2 unspecified atom stereocenters. The maximum absolute atomic E-state index is 13.1. The Morgan fingerprint density at radius 1 is 1.00 bits per heavy atom. The van der Waals surface area contributed by atoms with Crippen LogP contribution in [0.15, 0.2) is 64.9 Å². The van der Waals surface area contributed by atoms with Crippen molar-refractivity contribution >= 4 is 39.6 Å². The van der Waals surface area contributed by atoms with Gasteiger partial charge in [-0.05, 0) is 60.5 Å². The van der Waals surface area contributed by atoms with Crippen molar-refractivity contribution in [3.05, 3.63) is 81.0 Å². The molecular weight excluding hydrogens is 456 g/mol. The fraction of sp³-hybridized carbons (Fsp3) is 0.385. The Hall–Kier alpha value is -1.66. The number of hydrogen-bond donors (Lipinski definition) is 1. The minimum atomic E-state index is -1.26. The molecular formula is C26H31ClN2OS2. The average Bonchev–Trinajstić information content (AvgIpc) is 3.27. The summed E-state index contributed by atoms with van der Waals surface area (Å²) in [4.78, 5) is 2.03. The number of unbranched alkanes of at least 4 members (excludes halogenated alkanes) is 5. The largest absolute Gasteiger partial charge is 0.305 e. The first-order chi connectivity index (χ1) is 15.6. The summed E-state index contributed by atoms with van der Waals surface area (Å²) in [5, 5.41) is 6.46. The third kappa shape index (κ3) is 5.63. The zero-order valence-electron chi connectivity index (χ0n) is 18.6. The van der Waals surface area contributed by atoms with E-state index in [-0.39, 0.29) is 6.04 Å². The zero-order valence-corrected chi connectivity index (χ0v) is 20.9. The number of thiophene rings is 1. The van der Waals surface area contributed by atoms with Crippen LogP contribution in [-0.2, 0) is 17.4 Å². The van der Waals surface area contributed by atoms with Crippen molar-refractivity contribution in [3.8, 4) is 0 Å². The minimum absolute atomic E-state index is 0.0528. The molecule has 1 aliphatic heterocycles. The second kappa shape index (κ2) is 11.5. The van der Waals surface area contributed by atoms with E-state index in [4.69, 9.17) is 11.6 Å². The van der Waals surface area contributed by atoms with Crippen molar-refractivity contribution in [3.63, 3.8) is 0 Å². The van der Waals surface area contributed by atoms with Gasteiger partial charge in [0, 0.05) is 12.1 Å². The molecule has 3 aromatic rings. The average molecular weight is 487 g/mol. The standard InChI is InChI=1S/C26H31ClN2OS2/c1-29-23-16-18-31-26(23)25(22-15-14-21(27)19-24(22)32(29)30)28-17-10-5-3-2-4-7-11-20-12-8-6-9-13-20/h6,8-9,12-16,18-19,25,28H,2-5,7,10-11,17H2,1H3. The van der Waals surface area contributed by atoms with E-state index in [0.29, 0.717) is 5.02 Å². The number of rotatable bonds is 10. The van der Waals surface area contributed by atoms with Crippen LogP contribution in [0.3, 0.4) is 0 Å². The number of anilines is 1. The summed E-state index contributed by atoms with van der Waals surface area (Å²) in [6, 6.07) is 18.7. The summed E-state index contributed by atoms with van der Waals surface area (Å²) in [6.07, 6.45) is 8.73. The van der Waals surface area contributed by atoms with Crippen molar-refractivity contribution in [2.75, 3.05) is 17.9 Å². The molecule has 1 N–H and O–H groups in total. The predicted molar refractivity (Wildman–Crippen MR) is 138 cm³/mol. The number of nitrogens with one attached hydrogen (secondary N) is 1. The summed E-state index contributed by atoms with van der Waals surface area (Å²) in [5.74, 6) is 0. The lowest BCUT2D eigenvalue weighted by atomic mass is 10.0. The number of halogens is 1. The van der Waals surface area contributed by atoms with Crippen molar-refractivity contribution in [1.29, 1.82) is 0 Å². The lowest BCUT2D eigenvalue weighted by Gasteiger charge is -2.19. The molecule has 6 heteroatoms. The van der Waals surface area contributed by atoms with Crippen LogP contribution >= 0.6 is 22.9 Å². The van der Waals surface area contributed by atoms with E-state index >= 15 is 0 Å². The Bertz CT molecular complexity index is 1040. The van der Waals surface area contributed by atoms with Crippen molar-refractivity contribution < 1.29 is 4.21 Å². The molecule has 1 aliphatic rings. The molecule has 1 aromatic heterocycles. The molecule has 0 spiro atoms. The van der Waals surface area contributed by atoms with Gasteiger partial charge in [-0.25, -0.2) is 4.21 Å². The quantitative estimate of drug-likeness (QED) is 0.309. The summed E-state index contributed by atoms with van der Waals surface area (Å²) in [5.41, 5.74) is 3.56. The van der Waals surface area contributed by atoms with Gasteiger partial charge >= 0.3 is 0 Å². The van der Waals surface area contributed by atoms with Crippen molar-refractivity contribution in [2.45, 2.75) is 55.9 Å². The second-order valence-corrected chi connectivity index (χ2v) is 11.2. The van der Waals surface area contributed by atoms with Gasteiger partial charge in [0.2, 0.25) is 0 Å². The fourth-order valence-corrected chi connectivity index (χ4v) is 6.88. The van der Waals surface area contributed by atoms with Gasteiger partial charge in [0.15, 0.2) is 11.0 Å². The van der Waals surface area contributed by atoms with E-state index < -0.39 is 11.0 Å². The van der Waals surface area contributed by atoms with Gasteiger partial charge in [-0.2, -0.15) is 0 Å². The Labute approximate surface area is 203 Å². The molecule has 3 nitrogen and oxygen atoms in total. The number of benzene rings is 2. The van der Waals surface area contributed by atoms with Crippen LogP contribution in [0.5, 0.6) is 0 Å². The molecule has 170 valence electrons. The molecule has 0 amide bonds. The highest BCUT2D eigenvalue weighted by Gasteiger charge is 2.31. The summed E-state index contributed by atoms with van der Waals surface area (Å²) < 4.78 is 15.0. The highest BCUT2D eigenvalue weighted by Crippen LogP contribution is 2.42. The molecule has 0 bridgehead atoms. The fourth-order valence-electron chi connectivity index (χ4n) is 4.32. The van der Waals surface area contributed by atoms with E-state index in [2.05, 4.69) is 47.1 Å². The molecule has 4 rings (SSSR count). The van der Waals surface area contributed by atoms with E-state index in [9.17, 15) is 4.21 Å². The molecule has 0 aliphatic carbocycles. The molecule has 0 saturated carbocycles. The molecule has 0 saturated heterocycles. The van der Waals surface area contributed by atoms with Crippen LogP contribution in [0, 0.1) is 0 Å². The Kier molecular flexibility index (Phi) is 8.42. The normalized spacial score (nSPS) is 17.6. The van der Waals surface area contributed by atoms with Gasteiger partial charge in [-0.3, -0.25) is 4.31 Å². The van der Waals surface area contributed by atoms with Crippen LogP contribution in [0.2, 0.25) is 5.02 Å². The zero-order chi connectivity index (χ0) is 22.3. The molecule has 0 fully saturated rings. The minimum Gasteiger partial charge on any atom is -0.305 e. The van der Waals surface area contributed by atoms with Crippen LogP contribution in [0.25, 0.3) is 0 Å². The number of aryl methyl sites for hydroxylation is 1. The SMILES string of the molecule is CN1c2ccsc2C(NCCCCCCCCc2ccccc2)c2ccc(Cl)cc2S1=O. The van der Waals surface area contributed by atoms with E-state index in [1.54, 1.807) is 11.3 Å². The van der Waals surface area contributed by atoms with Crippen LogP contribution < -0.4 is 9.62 Å². The van der Waals surface area contributed by atoms with Gasteiger partial charge in [0.05, 0.1) is 21.5 Å². The van der Waals surface area contributed by atoms with E-state index in [0.717, 1.165) is 29.1 Å². The van der Waals surface area contributed by atoms with Gasteiger partial charge in [0.1, 0.15) is 0 Å². The van der Waals surface area contributed by atoms with Gasteiger partial charge in [-0.1, -0.05) is 73.7 Å². The highest BCUT2D eigenvalue weighted by atomic mass is 35.5. The van der Waals surface area contributed by atoms with Crippen LogP contribution in [-0.4, -0.2) is 17.8 Å². The first-order valence-corrected chi connectivity index (χ1v) is 13.8. The number of fused-ring (bicyclic) bond motifs is 2. The molecule has 0 radical (unpaired) electrons. The maximum atomic E-state index is 13.1. The predicted octanol–water partition coefficient (Wildman–Crippen LogP) is 7.14. The summed E-state index contributed by atoms with van der Waals surface area (Å²) in [6.45, 7) is 0.949. The highest BCUT2D eigenvalue weighted by molar-refractivity contribution is 7.86. The smallest absolute Gasteiger partial charge is 0.153 e. The number of hydrogen-bond acceptors (Lipinski definition) is 3. The first-order valence-electron chi connectivity index (χ1n) is 11.4. The lowest BCUT2D eigenvalue weighted by molar-refractivity contribution is 0.540. The maximum Gasteiger partial charge on any atom is 0.153 e. The van der Waals surface area contributed by atoms with Crippen LogP contribution in [0.4, 0.5) is 5.69 Å². The first kappa shape index (κ1) is 23.5. The van der Waals surface area contributed by atoms with Gasteiger partial charge < -0.3 is 5.32 Å². The molecule has 32 heavy (non-hydrogen) atoms. The topological polar surface area (TPSA) is 32.3 Å². The van der Waals surface area contributed by atoms with Crippen molar-refractivity contribution in [1.82, 2.24) is 5.32 Å². The Morgan fingerprint density at radius 3 is 2.56 bits per heavy atom. The summed E-state index contributed by atoms with van der Waals surface area (Å²) >= 11 is 7.96. The van der Waals surface area contributed by atoms with Crippen molar-refractivity contribution in [2.24, 2.45) is 0 Å². The Morgan fingerprint density at radius 2 is 1.75 bits per heavy atom. The third-order valence-corrected chi connectivity index (χ3v) is 8.71.